The molecule has 0 saturated heterocycles. The van der Waals surface area contributed by atoms with Crippen LogP contribution in [-0.2, 0) is 14.8 Å². The van der Waals surface area contributed by atoms with Crippen LogP contribution in [0, 0.1) is 13.8 Å². The Hall–Kier alpha value is -2.55. The van der Waals surface area contributed by atoms with Gasteiger partial charge in [0, 0.05) is 11.3 Å². The second-order valence-corrected chi connectivity index (χ2v) is 10.1. The largest absolute Gasteiger partial charge is 0.496 e. The Morgan fingerprint density at radius 1 is 1.03 bits per heavy atom. The van der Waals surface area contributed by atoms with Gasteiger partial charge in [0.25, 0.3) is 10.0 Å². The molecule has 1 N–H and O–H groups in total. The minimum Gasteiger partial charge on any atom is -0.496 e. The number of halogens is 1. The molecule has 3 aromatic rings. The molecule has 9 heteroatoms. The van der Waals surface area contributed by atoms with Crippen LogP contribution in [0.15, 0.2) is 46.7 Å². The van der Waals surface area contributed by atoms with Gasteiger partial charge in [-0.2, -0.15) is 0 Å². The lowest BCUT2D eigenvalue weighted by atomic mass is 10.0. The number of carbonyl (C=O) groups excluding carboxylic acids is 1. The molecule has 0 aliphatic carbocycles. The van der Waals surface area contributed by atoms with Gasteiger partial charge >= 0.3 is 5.97 Å². The highest BCUT2D eigenvalue weighted by Gasteiger charge is 2.21. The van der Waals surface area contributed by atoms with Crippen molar-refractivity contribution < 1.29 is 22.7 Å². The number of rotatable bonds is 6. The lowest BCUT2D eigenvalue weighted by molar-refractivity contribution is 0.0600. The lowest BCUT2D eigenvalue weighted by Crippen LogP contribution is -2.11. The lowest BCUT2D eigenvalue weighted by Gasteiger charge is -2.11. The van der Waals surface area contributed by atoms with E-state index in [4.69, 9.17) is 16.3 Å². The fourth-order valence-corrected chi connectivity index (χ4v) is 5.93. The molecule has 0 radical (unpaired) electrons. The second kappa shape index (κ2) is 8.67. The SMILES string of the molecule is COC(=O)c1ccc(NS(=O)(=O)c2cc(-c3cc(C)c(OC)c(C)c3)c(Cl)s2)cc1. The summed E-state index contributed by atoms with van der Waals surface area (Å²) in [6.07, 6.45) is 0. The molecule has 0 amide bonds. The molecule has 0 aliphatic heterocycles. The van der Waals surface area contributed by atoms with Crippen molar-refractivity contribution in [1.29, 1.82) is 0 Å². The number of aryl methyl sites for hydroxylation is 2. The molecule has 1 heterocycles. The van der Waals surface area contributed by atoms with E-state index in [0.29, 0.717) is 21.2 Å². The Bertz CT molecular complexity index is 1180. The maximum atomic E-state index is 12.8. The molecule has 30 heavy (non-hydrogen) atoms. The fraction of sp³-hybridized carbons (Fsp3) is 0.190. The van der Waals surface area contributed by atoms with Crippen LogP contribution >= 0.6 is 22.9 Å². The number of anilines is 1. The summed E-state index contributed by atoms with van der Waals surface area (Å²) >= 11 is 7.36. The minimum atomic E-state index is -3.85. The van der Waals surface area contributed by atoms with Gasteiger partial charge in [0.05, 0.1) is 19.8 Å². The molecule has 0 bridgehead atoms. The third-order valence-electron chi connectivity index (χ3n) is 4.46. The summed E-state index contributed by atoms with van der Waals surface area (Å²) in [4.78, 5) is 11.5. The second-order valence-electron chi connectivity index (χ2n) is 6.57. The van der Waals surface area contributed by atoms with Crippen LogP contribution in [0.1, 0.15) is 21.5 Å². The van der Waals surface area contributed by atoms with Crippen molar-refractivity contribution in [3.05, 3.63) is 63.5 Å². The number of hydrogen-bond donors (Lipinski definition) is 1. The molecule has 158 valence electrons. The molecular weight excluding hydrogens is 446 g/mol. The van der Waals surface area contributed by atoms with E-state index in [1.807, 2.05) is 26.0 Å². The van der Waals surface area contributed by atoms with E-state index in [2.05, 4.69) is 9.46 Å². The number of benzene rings is 2. The molecular formula is C21H20ClNO5S2. The summed E-state index contributed by atoms with van der Waals surface area (Å²) in [5.41, 5.74) is 3.97. The predicted molar refractivity (Wildman–Crippen MR) is 119 cm³/mol. The van der Waals surface area contributed by atoms with Crippen molar-refractivity contribution in [2.75, 3.05) is 18.9 Å². The van der Waals surface area contributed by atoms with Gasteiger partial charge in [0.1, 0.15) is 14.3 Å². The van der Waals surface area contributed by atoms with Gasteiger partial charge in [-0.25, -0.2) is 13.2 Å². The highest BCUT2D eigenvalue weighted by molar-refractivity contribution is 7.94. The molecule has 0 saturated carbocycles. The van der Waals surface area contributed by atoms with Gasteiger partial charge in [-0.15, -0.1) is 11.3 Å². The minimum absolute atomic E-state index is 0.0886. The van der Waals surface area contributed by atoms with Crippen LogP contribution in [0.2, 0.25) is 4.34 Å². The third kappa shape index (κ3) is 4.45. The van der Waals surface area contributed by atoms with Gasteiger partial charge in [0.2, 0.25) is 0 Å². The summed E-state index contributed by atoms with van der Waals surface area (Å²) < 4.78 is 38.7. The highest BCUT2D eigenvalue weighted by Crippen LogP contribution is 2.40. The van der Waals surface area contributed by atoms with Crippen molar-refractivity contribution in [1.82, 2.24) is 0 Å². The number of sulfonamides is 1. The third-order valence-corrected chi connectivity index (χ3v) is 7.68. The molecule has 0 fully saturated rings. The van der Waals surface area contributed by atoms with Gasteiger partial charge in [-0.1, -0.05) is 11.6 Å². The van der Waals surface area contributed by atoms with Gasteiger partial charge in [-0.05, 0) is 73.0 Å². The standard InChI is InChI=1S/C21H20ClNO5S2/c1-12-9-15(10-13(2)19(12)27-3)17-11-18(29-20(17)22)30(25,26)23-16-7-5-14(6-8-16)21(24)28-4/h5-11,23H,1-4H3. The fourth-order valence-electron chi connectivity index (χ4n) is 3.10. The van der Waals surface area contributed by atoms with E-state index < -0.39 is 16.0 Å². The molecule has 0 spiro atoms. The van der Waals surface area contributed by atoms with E-state index in [-0.39, 0.29) is 4.21 Å². The monoisotopic (exact) mass is 465 g/mol. The molecule has 0 atom stereocenters. The first-order valence-corrected chi connectivity index (χ1v) is 11.5. The molecule has 6 nitrogen and oxygen atoms in total. The van der Waals surface area contributed by atoms with E-state index >= 15 is 0 Å². The normalized spacial score (nSPS) is 11.2. The van der Waals surface area contributed by atoms with Gasteiger partial charge in [0.15, 0.2) is 0 Å². The van der Waals surface area contributed by atoms with Crippen molar-refractivity contribution in [3.8, 4) is 16.9 Å². The average molecular weight is 466 g/mol. The van der Waals surface area contributed by atoms with Crippen molar-refractivity contribution >= 4 is 44.6 Å². The van der Waals surface area contributed by atoms with Crippen molar-refractivity contribution in [2.24, 2.45) is 0 Å². The maximum absolute atomic E-state index is 12.8. The average Bonchev–Trinajstić information content (AvgIpc) is 3.10. The molecule has 3 rings (SSSR count). The maximum Gasteiger partial charge on any atom is 0.337 e. The summed E-state index contributed by atoms with van der Waals surface area (Å²) in [5.74, 6) is 0.291. The topological polar surface area (TPSA) is 81.7 Å². The van der Waals surface area contributed by atoms with Crippen LogP contribution in [0.5, 0.6) is 5.75 Å². The Morgan fingerprint density at radius 2 is 1.63 bits per heavy atom. The molecule has 0 aliphatic rings. The first-order chi connectivity index (χ1) is 14.2. The van der Waals surface area contributed by atoms with Crippen molar-refractivity contribution in [2.45, 2.75) is 18.1 Å². The molecule has 1 aromatic heterocycles. The zero-order valence-corrected chi connectivity index (χ0v) is 19.2. The van der Waals surface area contributed by atoms with Crippen LogP contribution in [0.4, 0.5) is 5.69 Å². The number of ether oxygens (including phenoxy) is 2. The number of thiophene rings is 1. The van der Waals surface area contributed by atoms with Gasteiger partial charge in [-0.3, -0.25) is 4.72 Å². The number of nitrogens with one attached hydrogen (secondary N) is 1. The first-order valence-electron chi connectivity index (χ1n) is 8.82. The van der Waals surface area contributed by atoms with E-state index in [1.54, 1.807) is 13.2 Å². The smallest absolute Gasteiger partial charge is 0.337 e. The molecule has 0 unspecified atom stereocenters. The summed E-state index contributed by atoms with van der Waals surface area (Å²) in [6.45, 7) is 3.85. The van der Waals surface area contributed by atoms with Crippen LogP contribution in [0.3, 0.4) is 0 Å². The number of methoxy groups -OCH3 is 2. The van der Waals surface area contributed by atoms with E-state index in [9.17, 15) is 13.2 Å². The predicted octanol–water partition coefficient (Wildman–Crippen LogP) is 5.28. The highest BCUT2D eigenvalue weighted by atomic mass is 35.5. The van der Waals surface area contributed by atoms with Crippen LogP contribution in [-0.4, -0.2) is 28.6 Å². The van der Waals surface area contributed by atoms with Gasteiger partial charge < -0.3 is 9.47 Å². The van der Waals surface area contributed by atoms with E-state index in [0.717, 1.165) is 33.8 Å². The zero-order valence-electron chi connectivity index (χ0n) is 16.8. The van der Waals surface area contributed by atoms with Crippen LogP contribution < -0.4 is 9.46 Å². The number of hydrogen-bond acceptors (Lipinski definition) is 6. The first kappa shape index (κ1) is 22.1. The zero-order chi connectivity index (χ0) is 22.1. The Labute approximate surface area is 184 Å². The van der Waals surface area contributed by atoms with E-state index in [1.165, 1.54) is 31.4 Å². The summed E-state index contributed by atoms with van der Waals surface area (Å²) in [7, 11) is -0.959. The number of carbonyl (C=O) groups is 1. The summed E-state index contributed by atoms with van der Waals surface area (Å²) in [6, 6.07) is 11.3. The van der Waals surface area contributed by atoms with Crippen LogP contribution in [0.25, 0.3) is 11.1 Å². The Kier molecular flexibility index (Phi) is 6.40. The molecule has 2 aromatic carbocycles. The number of esters is 1. The quantitative estimate of drug-likeness (QED) is 0.501. The Balaban J connectivity index is 1.91. The Morgan fingerprint density at radius 3 is 2.17 bits per heavy atom. The van der Waals surface area contributed by atoms with Crippen molar-refractivity contribution in [3.63, 3.8) is 0 Å². The summed E-state index contributed by atoms with van der Waals surface area (Å²) in [5, 5.41) is 0.